The van der Waals surface area contributed by atoms with Crippen molar-refractivity contribution < 1.29 is 37.7 Å². The van der Waals surface area contributed by atoms with Gasteiger partial charge in [0.25, 0.3) is 0 Å². The van der Waals surface area contributed by atoms with Crippen molar-refractivity contribution in [3.8, 4) is 17.6 Å². The maximum Gasteiger partial charge on any atom is 0.355 e. The van der Waals surface area contributed by atoms with Crippen LogP contribution >= 0.6 is 0 Å². The molecule has 1 unspecified atom stereocenters. The van der Waals surface area contributed by atoms with Crippen LogP contribution in [-0.4, -0.2) is 45.2 Å². The highest BCUT2D eigenvalue weighted by molar-refractivity contribution is 6.15. The molecular weight excluding hydrogens is 545 g/mol. The lowest BCUT2D eigenvalue weighted by Crippen LogP contribution is -2.41. The summed E-state index contributed by atoms with van der Waals surface area (Å²) in [5.41, 5.74) is 6.54. The highest BCUT2D eigenvalue weighted by atomic mass is 19.1. The predicted molar refractivity (Wildman–Crippen MR) is 147 cm³/mol. The van der Waals surface area contributed by atoms with Gasteiger partial charge in [-0.1, -0.05) is 30.3 Å². The van der Waals surface area contributed by atoms with E-state index >= 15 is 0 Å². The smallest absolute Gasteiger partial charge is 0.355 e. The topological polar surface area (TPSA) is 141 Å². The number of anilines is 1. The Balaban J connectivity index is 1.85. The lowest BCUT2D eigenvalue weighted by Gasteiger charge is -2.37. The van der Waals surface area contributed by atoms with Crippen LogP contribution in [0.5, 0.6) is 11.5 Å². The summed E-state index contributed by atoms with van der Waals surface area (Å²) in [6.07, 6.45) is 0. The predicted octanol–water partition coefficient (Wildman–Crippen LogP) is 3.73. The summed E-state index contributed by atoms with van der Waals surface area (Å²) in [6, 6.07) is 18.3. The minimum Gasteiger partial charge on any atom is -0.486 e. The molecule has 5 rings (SSSR count). The molecule has 0 aliphatic carbocycles. The Kier molecular flexibility index (Phi) is 7.62. The van der Waals surface area contributed by atoms with E-state index in [1.807, 2.05) is 0 Å². The second kappa shape index (κ2) is 11.5. The number of carbonyl (C=O) groups is 3. The molecule has 2 aliphatic rings. The van der Waals surface area contributed by atoms with Gasteiger partial charge in [-0.15, -0.1) is 0 Å². The van der Waals surface area contributed by atoms with Crippen LogP contribution in [-0.2, 0) is 19.1 Å². The molecule has 0 bridgehead atoms. The van der Waals surface area contributed by atoms with Crippen molar-refractivity contribution in [1.29, 1.82) is 5.26 Å². The zero-order valence-electron chi connectivity index (χ0n) is 22.5. The second-order valence-electron chi connectivity index (χ2n) is 9.18. The molecule has 212 valence electrons. The number of esters is 2. The van der Waals surface area contributed by atoms with Gasteiger partial charge in [0.15, 0.2) is 17.3 Å². The van der Waals surface area contributed by atoms with Crippen molar-refractivity contribution in [2.45, 2.75) is 5.92 Å². The minimum absolute atomic E-state index is 0.00728. The summed E-state index contributed by atoms with van der Waals surface area (Å²) in [6.45, 7) is 0.426. The van der Waals surface area contributed by atoms with Gasteiger partial charge in [0.1, 0.15) is 30.5 Å². The lowest BCUT2D eigenvalue weighted by molar-refractivity contribution is -0.139. The van der Waals surface area contributed by atoms with Gasteiger partial charge in [-0.3, -0.25) is 9.69 Å². The first-order valence-corrected chi connectivity index (χ1v) is 12.7. The van der Waals surface area contributed by atoms with Crippen LogP contribution < -0.4 is 20.1 Å². The monoisotopic (exact) mass is 569 g/mol. The van der Waals surface area contributed by atoms with Gasteiger partial charge < -0.3 is 24.7 Å². The first-order chi connectivity index (χ1) is 20.3. The van der Waals surface area contributed by atoms with Crippen molar-refractivity contribution in [3.63, 3.8) is 0 Å². The largest absolute Gasteiger partial charge is 0.486 e. The summed E-state index contributed by atoms with van der Waals surface area (Å²) in [7, 11) is 2.26. The van der Waals surface area contributed by atoms with Crippen LogP contribution in [0.1, 0.15) is 27.4 Å². The van der Waals surface area contributed by atoms with Gasteiger partial charge in [-0.05, 0) is 35.9 Å². The first kappa shape index (κ1) is 27.9. The van der Waals surface area contributed by atoms with E-state index in [1.54, 1.807) is 30.3 Å². The molecule has 0 radical (unpaired) electrons. The molecular formula is C31H24FN3O7. The maximum atomic E-state index is 13.9. The van der Waals surface area contributed by atoms with E-state index in [0.29, 0.717) is 5.56 Å². The number of nitriles is 1. The average Bonchev–Trinajstić information content (AvgIpc) is 3.03. The van der Waals surface area contributed by atoms with Crippen LogP contribution in [0.3, 0.4) is 0 Å². The van der Waals surface area contributed by atoms with Crippen molar-refractivity contribution in [1.82, 2.24) is 0 Å². The molecule has 1 atom stereocenters. The molecule has 42 heavy (non-hydrogen) atoms. The normalized spacial score (nSPS) is 16.0. The third kappa shape index (κ3) is 4.79. The number of allylic oxidation sites excluding steroid dienone is 1. The van der Waals surface area contributed by atoms with E-state index in [4.69, 9.17) is 24.7 Å². The zero-order valence-corrected chi connectivity index (χ0v) is 22.5. The van der Waals surface area contributed by atoms with E-state index < -0.39 is 29.5 Å². The molecule has 2 aliphatic heterocycles. The molecule has 2 N–H and O–H groups in total. The molecule has 0 spiro atoms. The number of fused-ring (bicyclic) bond motifs is 1. The van der Waals surface area contributed by atoms with Gasteiger partial charge in [-0.25, -0.2) is 14.0 Å². The number of ketones is 1. The molecule has 0 saturated carbocycles. The third-order valence-electron chi connectivity index (χ3n) is 6.86. The fourth-order valence-corrected chi connectivity index (χ4v) is 4.97. The van der Waals surface area contributed by atoms with Gasteiger partial charge in [0.05, 0.1) is 48.6 Å². The highest BCUT2D eigenvalue weighted by Crippen LogP contribution is 2.46. The summed E-state index contributed by atoms with van der Waals surface area (Å²) in [4.78, 5) is 41.9. The lowest BCUT2D eigenvalue weighted by atomic mass is 9.80. The Morgan fingerprint density at radius 3 is 2.17 bits per heavy atom. The van der Waals surface area contributed by atoms with Crippen molar-refractivity contribution in [2.75, 3.05) is 32.3 Å². The number of nitrogens with two attached hydrogens (primary N) is 1. The molecule has 0 aromatic heterocycles. The summed E-state index contributed by atoms with van der Waals surface area (Å²) >= 11 is 0. The van der Waals surface area contributed by atoms with Crippen molar-refractivity contribution in [2.24, 2.45) is 5.73 Å². The Labute approximate surface area is 239 Å². The Morgan fingerprint density at radius 1 is 0.952 bits per heavy atom. The number of hydrogen-bond acceptors (Lipinski definition) is 10. The second-order valence-corrected chi connectivity index (χ2v) is 9.18. The van der Waals surface area contributed by atoms with Gasteiger partial charge in [0, 0.05) is 11.6 Å². The number of methoxy groups -OCH3 is 2. The fourth-order valence-electron chi connectivity index (χ4n) is 4.97. The summed E-state index contributed by atoms with van der Waals surface area (Å²) < 4.78 is 35.3. The van der Waals surface area contributed by atoms with Crippen LogP contribution in [0.15, 0.2) is 89.4 Å². The van der Waals surface area contributed by atoms with Crippen molar-refractivity contribution >= 4 is 23.4 Å². The van der Waals surface area contributed by atoms with E-state index in [9.17, 15) is 24.0 Å². The van der Waals surface area contributed by atoms with Gasteiger partial charge in [-0.2, -0.15) is 5.26 Å². The first-order valence-electron chi connectivity index (χ1n) is 12.7. The SMILES string of the molecule is COC(=O)C1=C(C(=O)OC)N(c2cc3c(cc2C(=O)c2ccc(F)cc2)OCCO3)C(N)=C(C#N)C1c1ccccc1. The van der Waals surface area contributed by atoms with E-state index in [0.717, 1.165) is 31.3 Å². The molecule has 10 nitrogen and oxygen atoms in total. The number of ether oxygens (including phenoxy) is 4. The van der Waals surface area contributed by atoms with E-state index in [1.165, 1.54) is 24.3 Å². The Hall–Kier alpha value is -5.63. The van der Waals surface area contributed by atoms with Gasteiger partial charge in [0.2, 0.25) is 0 Å². The molecule has 11 heteroatoms. The average molecular weight is 570 g/mol. The Morgan fingerprint density at radius 2 is 1.57 bits per heavy atom. The van der Waals surface area contributed by atoms with Crippen LogP contribution in [0.25, 0.3) is 0 Å². The number of benzene rings is 3. The molecule has 0 amide bonds. The van der Waals surface area contributed by atoms with E-state index in [2.05, 4.69) is 6.07 Å². The quantitative estimate of drug-likeness (QED) is 0.345. The Bertz CT molecular complexity index is 1690. The fraction of sp³-hybridized carbons (Fsp3) is 0.161. The van der Waals surface area contributed by atoms with Crippen LogP contribution in [0.4, 0.5) is 10.1 Å². The number of carbonyl (C=O) groups excluding carboxylic acids is 3. The summed E-state index contributed by atoms with van der Waals surface area (Å²) in [5.74, 6) is -3.87. The zero-order chi connectivity index (χ0) is 30.0. The molecule has 3 aromatic carbocycles. The standard InChI is InChI=1S/C31H24FN3O7/c1-39-30(37)26-25(17-6-4-3-5-7-17)21(16-33)29(34)35(27(26)31(38)40-2)22-15-24-23(41-12-13-42-24)14-20(22)28(36)18-8-10-19(32)11-9-18/h3-11,14-15,25H,12-13,34H2,1-2H3. The molecule has 3 aromatic rings. The number of nitrogens with zero attached hydrogens (tertiary/aromatic N) is 2. The number of hydrogen-bond donors (Lipinski definition) is 1. The van der Waals surface area contributed by atoms with E-state index in [-0.39, 0.29) is 64.2 Å². The molecule has 2 heterocycles. The van der Waals surface area contributed by atoms with Crippen LogP contribution in [0, 0.1) is 17.1 Å². The third-order valence-corrected chi connectivity index (χ3v) is 6.86. The van der Waals surface area contributed by atoms with Gasteiger partial charge >= 0.3 is 11.9 Å². The van der Waals surface area contributed by atoms with Crippen LogP contribution in [0.2, 0.25) is 0 Å². The van der Waals surface area contributed by atoms with Crippen molar-refractivity contribution in [3.05, 3.63) is 112 Å². The highest BCUT2D eigenvalue weighted by Gasteiger charge is 2.44. The maximum absolute atomic E-state index is 13.9. The summed E-state index contributed by atoms with van der Waals surface area (Å²) in [5, 5.41) is 10.3. The molecule has 0 fully saturated rings. The molecule has 0 saturated heterocycles. The number of rotatable bonds is 6. The minimum atomic E-state index is -1.09. The number of halogens is 1.